The van der Waals surface area contributed by atoms with Gasteiger partial charge in [0, 0.05) is 25.0 Å². The van der Waals surface area contributed by atoms with Crippen molar-refractivity contribution in [3.63, 3.8) is 0 Å². The van der Waals surface area contributed by atoms with Gasteiger partial charge in [-0.05, 0) is 21.1 Å². The van der Waals surface area contributed by atoms with E-state index in [2.05, 4.69) is 46.9 Å². The molecule has 0 rings (SSSR count). The molecule has 0 spiro atoms. The lowest BCUT2D eigenvalue weighted by atomic mass is 10.5. The van der Waals surface area contributed by atoms with Crippen molar-refractivity contribution in [2.45, 2.75) is 0 Å². The Bertz CT molecular complexity index is 76.0. The molecule has 0 aliphatic heterocycles. The molecule has 0 N–H and O–H groups in total. The highest BCUT2D eigenvalue weighted by molar-refractivity contribution is 9.09. The monoisotopic (exact) mass is 208 g/mol. The van der Waals surface area contributed by atoms with Gasteiger partial charge in [0.05, 0.1) is 0 Å². The average Bonchev–Trinajstić information content (AvgIpc) is 1.85. The normalized spacial score (nSPS) is 11.4. The van der Waals surface area contributed by atoms with Crippen molar-refractivity contribution >= 4 is 15.9 Å². The van der Waals surface area contributed by atoms with Gasteiger partial charge in [-0.15, -0.1) is 0 Å². The van der Waals surface area contributed by atoms with Crippen LogP contribution in [0.15, 0.2) is 0 Å². The van der Waals surface area contributed by atoms with Gasteiger partial charge in [0.1, 0.15) is 0 Å². The van der Waals surface area contributed by atoms with Crippen LogP contribution in [0, 0.1) is 0 Å². The molecule has 0 heterocycles. The molecule has 0 amide bonds. The Morgan fingerprint density at radius 1 is 1.00 bits per heavy atom. The van der Waals surface area contributed by atoms with E-state index in [-0.39, 0.29) is 0 Å². The van der Waals surface area contributed by atoms with E-state index in [1.807, 2.05) is 0 Å². The van der Waals surface area contributed by atoms with Gasteiger partial charge >= 0.3 is 0 Å². The highest BCUT2D eigenvalue weighted by atomic mass is 79.9. The lowest BCUT2D eigenvalue weighted by molar-refractivity contribution is 0.294. The van der Waals surface area contributed by atoms with E-state index in [0.29, 0.717) is 0 Å². The van der Waals surface area contributed by atoms with Gasteiger partial charge in [-0.2, -0.15) is 0 Å². The van der Waals surface area contributed by atoms with Gasteiger partial charge in [-0.25, -0.2) is 0 Å². The summed E-state index contributed by atoms with van der Waals surface area (Å²) in [5.41, 5.74) is 0. The first-order chi connectivity index (χ1) is 4.66. The molecule has 10 heavy (non-hydrogen) atoms. The van der Waals surface area contributed by atoms with Crippen molar-refractivity contribution in [1.82, 2.24) is 9.80 Å². The molecular weight excluding hydrogens is 192 g/mol. The number of hydrogen-bond acceptors (Lipinski definition) is 2. The summed E-state index contributed by atoms with van der Waals surface area (Å²) < 4.78 is 0. The predicted octanol–water partition coefficient (Wildman–Crippen LogP) is 0.875. The van der Waals surface area contributed by atoms with Gasteiger partial charge in [0.25, 0.3) is 0 Å². The zero-order valence-electron chi connectivity index (χ0n) is 7.10. The maximum absolute atomic E-state index is 3.40. The summed E-state index contributed by atoms with van der Waals surface area (Å²) in [7, 11) is 6.34. The molecule has 0 saturated carbocycles. The first-order valence-electron chi connectivity index (χ1n) is 3.56. The molecule has 0 radical (unpaired) electrons. The zero-order valence-corrected chi connectivity index (χ0v) is 8.69. The molecule has 0 unspecified atom stereocenters. The third kappa shape index (κ3) is 6.52. The molecule has 0 saturated heterocycles. The van der Waals surface area contributed by atoms with Gasteiger partial charge < -0.3 is 9.80 Å². The largest absolute Gasteiger partial charge is 0.308 e. The maximum atomic E-state index is 3.40. The fraction of sp³-hybridized carbons (Fsp3) is 1.00. The maximum Gasteiger partial charge on any atom is 0.0159 e. The number of alkyl halides is 1. The predicted molar refractivity (Wildman–Crippen MR) is 49.8 cm³/mol. The Labute approximate surface area is 72.3 Å². The van der Waals surface area contributed by atoms with Crippen LogP contribution in [0.1, 0.15) is 0 Å². The minimum absolute atomic E-state index is 1.07. The van der Waals surface area contributed by atoms with Crippen molar-refractivity contribution in [3.8, 4) is 0 Å². The Morgan fingerprint density at radius 3 is 2.00 bits per heavy atom. The van der Waals surface area contributed by atoms with Gasteiger partial charge in [-0.3, -0.25) is 0 Å². The Hall–Kier alpha value is 0.400. The van der Waals surface area contributed by atoms with Crippen LogP contribution in [-0.2, 0) is 0 Å². The number of nitrogens with zero attached hydrogens (tertiary/aromatic N) is 2. The molecule has 62 valence electrons. The molecule has 0 fully saturated rings. The van der Waals surface area contributed by atoms with Crippen LogP contribution in [-0.4, -0.2) is 55.9 Å². The first kappa shape index (κ1) is 10.4. The number of halogens is 1. The fourth-order valence-electron chi connectivity index (χ4n) is 0.627. The van der Waals surface area contributed by atoms with E-state index in [4.69, 9.17) is 0 Å². The van der Waals surface area contributed by atoms with Crippen LogP contribution >= 0.6 is 15.9 Å². The summed E-state index contributed by atoms with van der Waals surface area (Å²) in [6, 6.07) is 0. The third-order valence-electron chi connectivity index (χ3n) is 1.40. The second-order valence-corrected chi connectivity index (χ2v) is 3.59. The molecule has 0 aliphatic rings. The van der Waals surface area contributed by atoms with Crippen molar-refractivity contribution in [2.75, 3.05) is 46.1 Å². The first-order valence-corrected chi connectivity index (χ1v) is 4.68. The third-order valence-corrected chi connectivity index (χ3v) is 1.75. The van der Waals surface area contributed by atoms with E-state index in [1.165, 1.54) is 0 Å². The summed E-state index contributed by atoms with van der Waals surface area (Å²) in [5.74, 6) is 0. The lowest BCUT2D eigenvalue weighted by Gasteiger charge is -2.17. The molecule has 3 heteroatoms. The topological polar surface area (TPSA) is 6.48 Å². The van der Waals surface area contributed by atoms with Crippen molar-refractivity contribution in [2.24, 2.45) is 0 Å². The SMILES string of the molecule is CN(C)CCN(C)CCBr. The molecule has 0 aromatic carbocycles. The molecule has 0 aliphatic carbocycles. The second kappa shape index (κ2) is 6.13. The van der Waals surface area contributed by atoms with Crippen LogP contribution < -0.4 is 0 Å². The average molecular weight is 209 g/mol. The summed E-state index contributed by atoms with van der Waals surface area (Å²) in [5, 5.41) is 1.07. The Kier molecular flexibility index (Phi) is 6.38. The second-order valence-electron chi connectivity index (χ2n) is 2.80. The van der Waals surface area contributed by atoms with Crippen molar-refractivity contribution < 1.29 is 0 Å². The zero-order chi connectivity index (χ0) is 7.98. The number of likely N-dealkylation sites (N-methyl/N-ethyl adjacent to an activating group) is 2. The van der Waals surface area contributed by atoms with E-state index >= 15 is 0 Å². The molecular formula is C7H17BrN2. The number of hydrogen-bond donors (Lipinski definition) is 0. The summed E-state index contributed by atoms with van der Waals surface area (Å²) >= 11 is 3.40. The number of rotatable bonds is 5. The lowest BCUT2D eigenvalue weighted by Crippen LogP contribution is -2.29. The van der Waals surface area contributed by atoms with E-state index < -0.39 is 0 Å². The summed E-state index contributed by atoms with van der Waals surface area (Å²) in [4.78, 5) is 4.51. The van der Waals surface area contributed by atoms with Gasteiger partial charge in [0.2, 0.25) is 0 Å². The van der Waals surface area contributed by atoms with Gasteiger partial charge in [0.15, 0.2) is 0 Å². The smallest absolute Gasteiger partial charge is 0.0159 e. The van der Waals surface area contributed by atoms with E-state index in [1.54, 1.807) is 0 Å². The van der Waals surface area contributed by atoms with Crippen LogP contribution in [0.2, 0.25) is 0 Å². The molecule has 0 aromatic rings. The minimum Gasteiger partial charge on any atom is -0.308 e. The highest BCUT2D eigenvalue weighted by Gasteiger charge is 1.96. The van der Waals surface area contributed by atoms with Crippen LogP contribution in [0.3, 0.4) is 0 Å². The molecule has 0 atom stereocenters. The van der Waals surface area contributed by atoms with Crippen LogP contribution in [0.5, 0.6) is 0 Å². The highest BCUT2D eigenvalue weighted by Crippen LogP contribution is 1.86. The Balaban J connectivity index is 3.12. The standard InChI is InChI=1S/C7H17BrN2/c1-9(2)6-7-10(3)5-4-8/h4-7H2,1-3H3. The summed E-state index contributed by atoms with van der Waals surface area (Å²) in [6.07, 6.45) is 0. The molecule has 0 aromatic heterocycles. The Morgan fingerprint density at radius 2 is 1.60 bits per heavy atom. The quantitative estimate of drug-likeness (QED) is 0.620. The van der Waals surface area contributed by atoms with E-state index in [9.17, 15) is 0 Å². The van der Waals surface area contributed by atoms with Crippen LogP contribution in [0.4, 0.5) is 0 Å². The fourth-order valence-corrected chi connectivity index (χ4v) is 1.23. The molecule has 2 nitrogen and oxygen atoms in total. The van der Waals surface area contributed by atoms with Crippen LogP contribution in [0.25, 0.3) is 0 Å². The summed E-state index contributed by atoms with van der Waals surface area (Å²) in [6.45, 7) is 3.43. The minimum atomic E-state index is 1.07. The van der Waals surface area contributed by atoms with E-state index in [0.717, 1.165) is 25.0 Å². The van der Waals surface area contributed by atoms with Crippen molar-refractivity contribution in [1.29, 1.82) is 0 Å². The molecule has 0 bridgehead atoms. The van der Waals surface area contributed by atoms with Gasteiger partial charge in [-0.1, -0.05) is 15.9 Å². The van der Waals surface area contributed by atoms with Crippen molar-refractivity contribution in [3.05, 3.63) is 0 Å².